The van der Waals surface area contributed by atoms with E-state index in [-0.39, 0.29) is 18.3 Å². The number of nitrogens with zero attached hydrogens (tertiary/aromatic N) is 3. The molecule has 4 aromatic rings. The van der Waals surface area contributed by atoms with E-state index in [1.807, 2.05) is 18.2 Å². The molecule has 194 valence electrons. The van der Waals surface area contributed by atoms with Crippen LogP contribution in [0.1, 0.15) is 12.0 Å². The molecule has 0 spiro atoms. The monoisotopic (exact) mass is 596 g/mol. The van der Waals surface area contributed by atoms with Gasteiger partial charge in [-0.1, -0.05) is 45.7 Å². The summed E-state index contributed by atoms with van der Waals surface area (Å²) in [7, 11) is 0. The third-order valence-electron chi connectivity index (χ3n) is 5.88. The largest absolute Gasteiger partial charge is 0.491 e. The topological polar surface area (TPSA) is 76.6 Å². The van der Waals surface area contributed by atoms with Crippen molar-refractivity contribution in [3.05, 3.63) is 89.5 Å². The summed E-state index contributed by atoms with van der Waals surface area (Å²) in [4.78, 5) is 23.4. The number of hydrogen-bond acceptors (Lipinski definition) is 6. The third-order valence-corrected chi connectivity index (χ3v) is 6.55. The highest BCUT2D eigenvalue weighted by atomic mass is 79.9. The first kappa shape index (κ1) is 25.9. The van der Waals surface area contributed by atoms with Crippen molar-refractivity contribution < 1.29 is 18.7 Å². The van der Waals surface area contributed by atoms with Gasteiger partial charge in [0.05, 0.1) is 22.8 Å². The highest BCUT2D eigenvalue weighted by Crippen LogP contribution is 2.38. The molecule has 1 aliphatic heterocycles. The Labute approximate surface area is 232 Å². The van der Waals surface area contributed by atoms with Crippen molar-refractivity contribution in [2.45, 2.75) is 13.0 Å². The van der Waals surface area contributed by atoms with Gasteiger partial charge in [-0.15, -0.1) is 0 Å². The van der Waals surface area contributed by atoms with Crippen LogP contribution in [0.5, 0.6) is 11.5 Å². The lowest BCUT2D eigenvalue weighted by Gasteiger charge is -2.21. The Morgan fingerprint density at radius 3 is 2.92 bits per heavy atom. The van der Waals surface area contributed by atoms with Gasteiger partial charge in [-0.25, -0.2) is 14.4 Å². The number of fused-ring (bicyclic) bond motifs is 2. The summed E-state index contributed by atoms with van der Waals surface area (Å²) in [6.45, 7) is 1.23. The number of anilines is 3. The second-order valence-electron chi connectivity index (χ2n) is 8.50. The van der Waals surface area contributed by atoms with Gasteiger partial charge >= 0.3 is 0 Å². The summed E-state index contributed by atoms with van der Waals surface area (Å²) in [6, 6.07) is 15.2. The van der Waals surface area contributed by atoms with Crippen LogP contribution in [0.25, 0.3) is 10.9 Å². The lowest BCUT2D eigenvalue weighted by Crippen LogP contribution is -2.29. The summed E-state index contributed by atoms with van der Waals surface area (Å²) in [5.41, 5.74) is 2.73. The molecule has 0 saturated carbocycles. The first-order chi connectivity index (χ1) is 18.5. The second kappa shape index (κ2) is 11.8. The Balaban J connectivity index is 1.41. The third kappa shape index (κ3) is 5.89. The summed E-state index contributed by atoms with van der Waals surface area (Å²) in [5.74, 6) is 1.18. The average Bonchev–Trinajstić information content (AvgIpc) is 3.12. The minimum Gasteiger partial charge on any atom is -0.491 e. The number of allylic oxidation sites excluding steroid dienone is 1. The van der Waals surface area contributed by atoms with Crippen LogP contribution in [0.2, 0.25) is 5.02 Å². The Morgan fingerprint density at radius 1 is 1.21 bits per heavy atom. The molecule has 0 aliphatic carbocycles. The van der Waals surface area contributed by atoms with Gasteiger partial charge in [-0.2, -0.15) is 0 Å². The zero-order chi connectivity index (χ0) is 26.5. The van der Waals surface area contributed by atoms with Crippen LogP contribution in [0.3, 0.4) is 0 Å². The molecular weight excluding hydrogens is 575 g/mol. The molecular formula is C28H23BrClFN4O3. The molecule has 5 rings (SSSR count). The first-order valence-electron chi connectivity index (χ1n) is 11.9. The normalized spacial score (nSPS) is 13.2. The Hall–Kier alpha value is -3.69. The molecule has 0 saturated heterocycles. The zero-order valence-electron chi connectivity index (χ0n) is 20.2. The quantitative estimate of drug-likeness (QED) is 0.186. The lowest BCUT2D eigenvalue weighted by molar-refractivity contribution is -0.114. The van der Waals surface area contributed by atoms with Crippen molar-refractivity contribution in [3.8, 4) is 11.5 Å². The standard InChI is InChI=1S/C28H23BrClFN4O3/c29-9-2-6-27(36)35-10-3-11-37-26-15-23-21(14-24(26)35)28(33-17-32-23)34-20-7-8-25(22(30)13-20)38-16-18-4-1-5-19(31)12-18/h1-2,4-8,12-15,17H,3,9-11,16H2,(H,32,33,34)/b6-2+. The van der Waals surface area contributed by atoms with Crippen LogP contribution in [-0.2, 0) is 11.4 Å². The van der Waals surface area contributed by atoms with Gasteiger partial charge in [-0.3, -0.25) is 4.79 Å². The molecule has 1 aromatic heterocycles. The van der Waals surface area contributed by atoms with Crippen LogP contribution in [0.15, 0.2) is 73.1 Å². The summed E-state index contributed by atoms with van der Waals surface area (Å²) < 4.78 is 25.1. The van der Waals surface area contributed by atoms with E-state index >= 15 is 0 Å². The number of ether oxygens (including phenoxy) is 2. The SMILES string of the molecule is O=C(/C=C/CBr)N1CCCOc2cc3ncnc(Nc4ccc(OCc5cccc(F)c5)c(Cl)c4)c3cc21. The maximum Gasteiger partial charge on any atom is 0.250 e. The van der Waals surface area contributed by atoms with Crippen molar-refractivity contribution in [2.75, 3.05) is 28.7 Å². The molecule has 3 aromatic carbocycles. The van der Waals surface area contributed by atoms with Crippen molar-refractivity contribution >= 4 is 61.5 Å². The van der Waals surface area contributed by atoms with E-state index in [0.717, 1.165) is 5.39 Å². The Kier molecular flexibility index (Phi) is 8.05. The number of halogens is 3. The van der Waals surface area contributed by atoms with Crippen molar-refractivity contribution in [1.82, 2.24) is 9.97 Å². The van der Waals surface area contributed by atoms with Gasteiger partial charge in [0.1, 0.15) is 36.1 Å². The highest BCUT2D eigenvalue weighted by Gasteiger charge is 2.23. The van der Waals surface area contributed by atoms with Gasteiger partial charge in [0.25, 0.3) is 5.91 Å². The predicted molar refractivity (Wildman–Crippen MR) is 150 cm³/mol. The fourth-order valence-electron chi connectivity index (χ4n) is 4.11. The molecule has 1 N–H and O–H groups in total. The van der Waals surface area contributed by atoms with Crippen LogP contribution >= 0.6 is 27.5 Å². The molecule has 0 radical (unpaired) electrons. The maximum absolute atomic E-state index is 13.4. The predicted octanol–water partition coefficient (Wildman–Crippen LogP) is 6.81. The maximum atomic E-state index is 13.4. The minimum atomic E-state index is -0.319. The number of carbonyl (C=O) groups is 1. The molecule has 0 bridgehead atoms. The Morgan fingerprint density at radius 2 is 2.11 bits per heavy atom. The molecule has 38 heavy (non-hydrogen) atoms. The van der Waals surface area contributed by atoms with Crippen LogP contribution in [-0.4, -0.2) is 34.4 Å². The fraction of sp³-hybridized carbons (Fsp3) is 0.179. The van der Waals surface area contributed by atoms with E-state index in [4.69, 9.17) is 21.1 Å². The second-order valence-corrected chi connectivity index (χ2v) is 9.55. The van der Waals surface area contributed by atoms with Gasteiger partial charge in [0, 0.05) is 35.1 Å². The average molecular weight is 598 g/mol. The van der Waals surface area contributed by atoms with Gasteiger partial charge < -0.3 is 19.7 Å². The molecule has 0 unspecified atom stereocenters. The number of carbonyl (C=O) groups excluding carboxylic acids is 1. The van der Waals surface area contributed by atoms with Crippen LogP contribution in [0, 0.1) is 5.82 Å². The van der Waals surface area contributed by atoms with E-state index in [2.05, 4.69) is 31.2 Å². The summed E-state index contributed by atoms with van der Waals surface area (Å²) in [6.07, 6.45) is 5.49. The molecule has 0 fully saturated rings. The number of alkyl halides is 1. The van der Waals surface area contributed by atoms with E-state index in [0.29, 0.717) is 69.7 Å². The number of nitrogens with one attached hydrogen (secondary N) is 1. The first-order valence-corrected chi connectivity index (χ1v) is 13.4. The fourth-order valence-corrected chi connectivity index (χ4v) is 4.53. The van der Waals surface area contributed by atoms with Crippen molar-refractivity contribution in [3.63, 3.8) is 0 Å². The van der Waals surface area contributed by atoms with E-state index in [9.17, 15) is 9.18 Å². The molecule has 2 heterocycles. The molecule has 7 nitrogen and oxygen atoms in total. The molecule has 1 amide bonds. The number of amides is 1. The number of benzene rings is 3. The van der Waals surface area contributed by atoms with Gasteiger partial charge in [-0.05, 0) is 48.4 Å². The zero-order valence-corrected chi connectivity index (χ0v) is 22.5. The summed E-state index contributed by atoms with van der Waals surface area (Å²) >= 11 is 9.79. The molecule has 1 aliphatic rings. The lowest BCUT2D eigenvalue weighted by atomic mass is 10.1. The molecule has 0 atom stereocenters. The Bertz CT molecular complexity index is 1520. The number of rotatable bonds is 7. The molecule has 10 heteroatoms. The van der Waals surface area contributed by atoms with Crippen LogP contribution < -0.4 is 19.7 Å². The number of aromatic nitrogens is 2. The van der Waals surface area contributed by atoms with Gasteiger partial charge in [0.15, 0.2) is 0 Å². The van der Waals surface area contributed by atoms with E-state index in [1.165, 1.54) is 18.5 Å². The highest BCUT2D eigenvalue weighted by molar-refractivity contribution is 9.09. The van der Waals surface area contributed by atoms with E-state index < -0.39 is 0 Å². The van der Waals surface area contributed by atoms with Crippen LogP contribution in [0.4, 0.5) is 21.6 Å². The minimum absolute atomic E-state index is 0.123. The smallest absolute Gasteiger partial charge is 0.250 e. The van der Waals surface area contributed by atoms with Crippen molar-refractivity contribution in [2.24, 2.45) is 0 Å². The van der Waals surface area contributed by atoms with Crippen molar-refractivity contribution in [1.29, 1.82) is 0 Å². The van der Waals surface area contributed by atoms with E-state index in [1.54, 1.807) is 41.3 Å². The number of hydrogen-bond donors (Lipinski definition) is 1. The van der Waals surface area contributed by atoms with Gasteiger partial charge in [0.2, 0.25) is 0 Å². The summed E-state index contributed by atoms with van der Waals surface area (Å²) in [5, 5.41) is 5.00.